The van der Waals surface area contributed by atoms with Crippen LogP contribution in [0, 0.1) is 25.7 Å². The molecule has 4 heteroatoms. The molecule has 110 valence electrons. The minimum absolute atomic E-state index is 0. The second-order valence-corrected chi connectivity index (χ2v) is 4.73. The third-order valence-corrected chi connectivity index (χ3v) is 3.39. The molecule has 0 amide bonds. The second kappa shape index (κ2) is 8.86. The molecular formula is C16H22ClNO2. The first kappa shape index (κ1) is 16.8. The molecule has 0 N–H and O–H groups in total. The maximum absolute atomic E-state index is 5.69. The summed E-state index contributed by atoms with van der Waals surface area (Å²) in [5.41, 5.74) is 2.44. The van der Waals surface area contributed by atoms with Crippen molar-refractivity contribution in [3.8, 4) is 17.6 Å². The molecule has 0 saturated carbocycles. The molecule has 3 nitrogen and oxygen atoms in total. The van der Waals surface area contributed by atoms with Crippen molar-refractivity contribution < 1.29 is 9.47 Å². The standard InChI is InChI=1S/C16H21NO2.ClH/c1-14-6-5-7-16(15(14)2)19-11-4-3-8-17-9-12-18-13-10-17;/h5-7H,8-13H2,1-2H3;1H. The maximum Gasteiger partial charge on any atom is 0.149 e. The van der Waals surface area contributed by atoms with E-state index in [4.69, 9.17) is 9.47 Å². The third kappa shape index (κ3) is 5.05. The lowest BCUT2D eigenvalue weighted by molar-refractivity contribution is 0.0443. The van der Waals surface area contributed by atoms with Crippen LogP contribution in [-0.4, -0.2) is 44.4 Å². The van der Waals surface area contributed by atoms with Gasteiger partial charge in [0, 0.05) is 13.1 Å². The number of halogens is 1. The molecule has 0 aliphatic carbocycles. The molecule has 0 atom stereocenters. The molecule has 0 spiro atoms. The monoisotopic (exact) mass is 295 g/mol. The number of benzene rings is 1. The van der Waals surface area contributed by atoms with Crippen molar-refractivity contribution in [3.63, 3.8) is 0 Å². The molecule has 0 radical (unpaired) electrons. The molecule has 1 heterocycles. The van der Waals surface area contributed by atoms with Crippen LogP contribution in [0.4, 0.5) is 0 Å². The highest BCUT2D eigenvalue weighted by Gasteiger charge is 2.07. The van der Waals surface area contributed by atoms with Gasteiger partial charge in [-0.1, -0.05) is 24.0 Å². The van der Waals surface area contributed by atoms with Crippen LogP contribution in [0.2, 0.25) is 0 Å². The van der Waals surface area contributed by atoms with E-state index in [0.29, 0.717) is 6.61 Å². The van der Waals surface area contributed by atoms with E-state index in [-0.39, 0.29) is 12.4 Å². The van der Waals surface area contributed by atoms with Gasteiger partial charge in [-0.25, -0.2) is 0 Å². The predicted molar refractivity (Wildman–Crippen MR) is 83.7 cm³/mol. The van der Waals surface area contributed by atoms with Gasteiger partial charge in [-0.15, -0.1) is 12.4 Å². The zero-order chi connectivity index (χ0) is 13.5. The van der Waals surface area contributed by atoms with E-state index in [2.05, 4.69) is 36.7 Å². The molecule has 1 saturated heterocycles. The van der Waals surface area contributed by atoms with Crippen molar-refractivity contribution in [2.24, 2.45) is 0 Å². The first-order chi connectivity index (χ1) is 9.27. The lowest BCUT2D eigenvalue weighted by Gasteiger charge is -2.24. The fraction of sp³-hybridized carbons (Fsp3) is 0.500. The van der Waals surface area contributed by atoms with Crippen LogP contribution in [0.15, 0.2) is 18.2 Å². The maximum atomic E-state index is 5.69. The van der Waals surface area contributed by atoms with Crippen molar-refractivity contribution in [1.29, 1.82) is 0 Å². The molecule has 1 aliphatic heterocycles. The van der Waals surface area contributed by atoms with Crippen LogP contribution in [0.3, 0.4) is 0 Å². The minimum atomic E-state index is 0. The SMILES string of the molecule is Cc1cccc(OCC#CCN2CCOCC2)c1C.Cl. The summed E-state index contributed by atoms with van der Waals surface area (Å²) in [5.74, 6) is 7.16. The zero-order valence-corrected chi connectivity index (χ0v) is 13.0. The highest BCUT2D eigenvalue weighted by molar-refractivity contribution is 5.85. The van der Waals surface area contributed by atoms with Gasteiger partial charge in [-0.3, -0.25) is 4.90 Å². The lowest BCUT2D eigenvalue weighted by atomic mass is 10.1. The lowest BCUT2D eigenvalue weighted by Crippen LogP contribution is -2.36. The smallest absolute Gasteiger partial charge is 0.149 e. The summed E-state index contributed by atoms with van der Waals surface area (Å²) in [6, 6.07) is 6.09. The van der Waals surface area contributed by atoms with Crippen LogP contribution < -0.4 is 4.74 Å². The summed E-state index contributed by atoms with van der Waals surface area (Å²) in [7, 11) is 0. The van der Waals surface area contributed by atoms with E-state index < -0.39 is 0 Å². The van der Waals surface area contributed by atoms with Crippen molar-refractivity contribution in [3.05, 3.63) is 29.3 Å². The fourth-order valence-corrected chi connectivity index (χ4v) is 1.97. The third-order valence-electron chi connectivity index (χ3n) is 3.39. The van der Waals surface area contributed by atoms with E-state index in [9.17, 15) is 0 Å². The van der Waals surface area contributed by atoms with Crippen molar-refractivity contribution in [2.75, 3.05) is 39.5 Å². The van der Waals surface area contributed by atoms with Gasteiger partial charge in [0.25, 0.3) is 0 Å². The van der Waals surface area contributed by atoms with Crippen LogP contribution in [0.25, 0.3) is 0 Å². The molecule has 1 aromatic rings. The first-order valence-electron chi connectivity index (χ1n) is 6.72. The molecule has 0 unspecified atom stereocenters. The molecule has 0 bridgehead atoms. The number of ether oxygens (including phenoxy) is 2. The Morgan fingerprint density at radius 1 is 1.20 bits per heavy atom. The Labute approximate surface area is 127 Å². The Bertz CT molecular complexity index is 473. The van der Waals surface area contributed by atoms with Gasteiger partial charge in [-0.2, -0.15) is 0 Å². The largest absolute Gasteiger partial charge is 0.481 e. The van der Waals surface area contributed by atoms with Crippen LogP contribution in [0.1, 0.15) is 11.1 Å². The summed E-state index contributed by atoms with van der Waals surface area (Å²) in [6.07, 6.45) is 0. The topological polar surface area (TPSA) is 21.7 Å². The summed E-state index contributed by atoms with van der Waals surface area (Å²) in [4.78, 5) is 2.30. The number of hydrogen-bond donors (Lipinski definition) is 0. The summed E-state index contributed by atoms with van der Waals surface area (Å²) in [6.45, 7) is 9.02. The molecule has 1 fully saturated rings. The molecule has 0 aromatic heterocycles. The quantitative estimate of drug-likeness (QED) is 0.800. The summed E-state index contributed by atoms with van der Waals surface area (Å²) >= 11 is 0. The Hall–Kier alpha value is -1.21. The number of morpholine rings is 1. The van der Waals surface area contributed by atoms with E-state index in [1.165, 1.54) is 11.1 Å². The molecule has 1 aromatic carbocycles. The Kier molecular flexibility index (Phi) is 7.46. The Morgan fingerprint density at radius 3 is 2.70 bits per heavy atom. The Morgan fingerprint density at radius 2 is 1.95 bits per heavy atom. The second-order valence-electron chi connectivity index (χ2n) is 4.73. The van der Waals surface area contributed by atoms with E-state index >= 15 is 0 Å². The first-order valence-corrected chi connectivity index (χ1v) is 6.72. The van der Waals surface area contributed by atoms with Crippen molar-refractivity contribution in [1.82, 2.24) is 4.90 Å². The predicted octanol–water partition coefficient (Wildman–Crippen LogP) is 2.44. The number of nitrogens with zero attached hydrogens (tertiary/aromatic N) is 1. The average Bonchev–Trinajstić information content (AvgIpc) is 2.44. The normalized spacial score (nSPS) is 14.9. The van der Waals surface area contributed by atoms with Gasteiger partial charge >= 0.3 is 0 Å². The average molecular weight is 296 g/mol. The van der Waals surface area contributed by atoms with Gasteiger partial charge in [0.15, 0.2) is 0 Å². The van der Waals surface area contributed by atoms with Crippen molar-refractivity contribution >= 4 is 12.4 Å². The molecule has 1 aliphatic rings. The van der Waals surface area contributed by atoms with Crippen LogP contribution in [0.5, 0.6) is 5.75 Å². The van der Waals surface area contributed by atoms with E-state index in [1.807, 2.05) is 12.1 Å². The van der Waals surface area contributed by atoms with Crippen LogP contribution >= 0.6 is 12.4 Å². The molecule has 2 rings (SSSR count). The summed E-state index contributed by atoms with van der Waals surface area (Å²) < 4.78 is 11.0. The van der Waals surface area contributed by atoms with Gasteiger partial charge in [0.05, 0.1) is 19.8 Å². The Balaban J connectivity index is 0.00000200. The number of rotatable bonds is 3. The fourth-order valence-electron chi connectivity index (χ4n) is 1.97. The number of hydrogen-bond acceptors (Lipinski definition) is 3. The summed E-state index contributed by atoms with van der Waals surface area (Å²) in [5, 5.41) is 0. The van der Waals surface area contributed by atoms with Gasteiger partial charge in [0.1, 0.15) is 12.4 Å². The molecule has 20 heavy (non-hydrogen) atoms. The van der Waals surface area contributed by atoms with Gasteiger partial charge < -0.3 is 9.47 Å². The highest BCUT2D eigenvalue weighted by atomic mass is 35.5. The van der Waals surface area contributed by atoms with Gasteiger partial charge in [0.2, 0.25) is 0 Å². The van der Waals surface area contributed by atoms with Crippen LogP contribution in [-0.2, 0) is 4.74 Å². The van der Waals surface area contributed by atoms with Gasteiger partial charge in [-0.05, 0) is 31.0 Å². The van der Waals surface area contributed by atoms with Crippen molar-refractivity contribution in [2.45, 2.75) is 13.8 Å². The minimum Gasteiger partial charge on any atom is -0.481 e. The van der Waals surface area contributed by atoms with E-state index in [1.54, 1.807) is 0 Å². The zero-order valence-electron chi connectivity index (χ0n) is 12.1. The molecular weight excluding hydrogens is 274 g/mol. The highest BCUT2D eigenvalue weighted by Crippen LogP contribution is 2.20. The number of aryl methyl sites for hydroxylation is 1. The van der Waals surface area contributed by atoms with E-state index in [0.717, 1.165) is 38.6 Å².